The summed E-state index contributed by atoms with van der Waals surface area (Å²) in [5.41, 5.74) is 9.80. The molecule has 20 heavy (non-hydrogen) atoms. The van der Waals surface area contributed by atoms with Gasteiger partial charge in [0.05, 0.1) is 0 Å². The summed E-state index contributed by atoms with van der Waals surface area (Å²) in [6, 6.07) is 9.99. The summed E-state index contributed by atoms with van der Waals surface area (Å²) in [4.78, 5) is 8.96. The van der Waals surface area contributed by atoms with E-state index in [1.807, 2.05) is 37.3 Å². The molecule has 0 atom stereocenters. The Morgan fingerprint density at radius 2 is 1.85 bits per heavy atom. The highest BCUT2D eigenvalue weighted by molar-refractivity contribution is 5.39. The predicted octanol–water partition coefficient (Wildman–Crippen LogP) is 3.15. The van der Waals surface area contributed by atoms with E-state index in [2.05, 4.69) is 29.1 Å². The zero-order valence-corrected chi connectivity index (χ0v) is 12.4. The van der Waals surface area contributed by atoms with Crippen LogP contribution in [0, 0.1) is 6.92 Å². The number of hydrogen-bond donors (Lipinski definition) is 2. The van der Waals surface area contributed by atoms with Gasteiger partial charge in [0, 0.05) is 23.6 Å². The summed E-state index contributed by atoms with van der Waals surface area (Å²) in [6.07, 6.45) is 0.925. The molecule has 1 aromatic carbocycles. The summed E-state index contributed by atoms with van der Waals surface area (Å²) >= 11 is 0. The Kier molecular flexibility index (Phi) is 4.56. The van der Waals surface area contributed by atoms with Gasteiger partial charge in [0.1, 0.15) is 0 Å². The summed E-state index contributed by atoms with van der Waals surface area (Å²) in [5.74, 6) is 1.12. The number of nitrogens with zero attached hydrogens (tertiary/aromatic N) is 2. The maximum atomic E-state index is 5.67. The van der Waals surface area contributed by atoms with Gasteiger partial charge >= 0.3 is 0 Å². The molecule has 0 saturated heterocycles. The lowest BCUT2D eigenvalue weighted by Crippen LogP contribution is -2.10. The van der Waals surface area contributed by atoms with Gasteiger partial charge in [-0.1, -0.05) is 26.0 Å². The first kappa shape index (κ1) is 14.3. The number of aromatic nitrogens is 2. The van der Waals surface area contributed by atoms with E-state index in [1.165, 1.54) is 5.56 Å². The average molecular weight is 270 g/mol. The quantitative estimate of drug-likeness (QED) is 0.819. The largest absolute Gasteiger partial charge is 0.399 e. The molecule has 0 aliphatic rings. The van der Waals surface area contributed by atoms with Crippen LogP contribution in [0.1, 0.15) is 36.7 Å². The molecule has 1 heterocycles. The van der Waals surface area contributed by atoms with Crippen molar-refractivity contribution in [2.45, 2.75) is 33.1 Å². The van der Waals surface area contributed by atoms with Crippen molar-refractivity contribution in [3.8, 4) is 0 Å². The van der Waals surface area contributed by atoms with Gasteiger partial charge in [-0.05, 0) is 43.0 Å². The van der Waals surface area contributed by atoms with Crippen LogP contribution in [0.4, 0.5) is 11.6 Å². The minimum absolute atomic E-state index is 0.411. The van der Waals surface area contributed by atoms with Crippen molar-refractivity contribution in [1.82, 2.24) is 9.97 Å². The molecule has 0 radical (unpaired) electrons. The van der Waals surface area contributed by atoms with Crippen molar-refractivity contribution < 1.29 is 0 Å². The first-order valence-electron chi connectivity index (χ1n) is 6.98. The fourth-order valence-corrected chi connectivity index (χ4v) is 1.97. The molecule has 0 amide bonds. The Labute approximate surface area is 120 Å². The molecular weight excluding hydrogens is 248 g/mol. The Balaban J connectivity index is 1.95. The second-order valence-electron chi connectivity index (χ2n) is 5.33. The van der Waals surface area contributed by atoms with Crippen molar-refractivity contribution in [1.29, 1.82) is 0 Å². The summed E-state index contributed by atoms with van der Waals surface area (Å²) in [6.45, 7) is 7.09. The molecule has 0 fully saturated rings. The van der Waals surface area contributed by atoms with E-state index in [0.29, 0.717) is 11.9 Å². The lowest BCUT2D eigenvalue weighted by Gasteiger charge is -2.10. The van der Waals surface area contributed by atoms with Gasteiger partial charge in [0.25, 0.3) is 0 Å². The van der Waals surface area contributed by atoms with E-state index in [-0.39, 0.29) is 0 Å². The number of anilines is 2. The molecule has 0 aliphatic carbocycles. The summed E-state index contributed by atoms with van der Waals surface area (Å²) < 4.78 is 0. The lowest BCUT2D eigenvalue weighted by atomic mass is 10.1. The molecule has 3 N–H and O–H groups in total. The fourth-order valence-electron chi connectivity index (χ4n) is 1.97. The molecule has 0 saturated carbocycles. The molecule has 0 aliphatic heterocycles. The molecule has 2 aromatic rings. The van der Waals surface area contributed by atoms with Gasteiger partial charge in [0.2, 0.25) is 5.95 Å². The third kappa shape index (κ3) is 3.95. The SMILES string of the molecule is Cc1cc(C(C)C)nc(NCCc2ccc(N)cc2)n1. The molecule has 4 heteroatoms. The van der Waals surface area contributed by atoms with Crippen LogP contribution in [-0.2, 0) is 6.42 Å². The average Bonchev–Trinajstić information content (AvgIpc) is 2.40. The Hall–Kier alpha value is -2.10. The second kappa shape index (κ2) is 6.37. The van der Waals surface area contributed by atoms with Crippen molar-refractivity contribution in [3.05, 3.63) is 47.3 Å². The predicted molar refractivity (Wildman–Crippen MR) is 83.9 cm³/mol. The third-order valence-corrected chi connectivity index (χ3v) is 3.14. The monoisotopic (exact) mass is 270 g/mol. The second-order valence-corrected chi connectivity index (χ2v) is 5.33. The molecular formula is C16H22N4. The van der Waals surface area contributed by atoms with Crippen LogP contribution in [0.25, 0.3) is 0 Å². The number of nitrogens with one attached hydrogen (secondary N) is 1. The zero-order chi connectivity index (χ0) is 14.5. The first-order chi connectivity index (χ1) is 9.54. The first-order valence-corrected chi connectivity index (χ1v) is 6.98. The molecule has 1 aromatic heterocycles. The maximum absolute atomic E-state index is 5.67. The number of nitrogens with two attached hydrogens (primary N) is 1. The van der Waals surface area contributed by atoms with Crippen LogP contribution < -0.4 is 11.1 Å². The number of nitrogen functional groups attached to an aromatic ring is 1. The van der Waals surface area contributed by atoms with Crippen LogP contribution in [0.5, 0.6) is 0 Å². The summed E-state index contributed by atoms with van der Waals surface area (Å²) in [5, 5.41) is 3.29. The minimum atomic E-state index is 0.411. The summed E-state index contributed by atoms with van der Waals surface area (Å²) in [7, 11) is 0. The normalized spacial score (nSPS) is 10.8. The molecule has 0 unspecified atom stereocenters. The maximum Gasteiger partial charge on any atom is 0.223 e. The van der Waals surface area contributed by atoms with Crippen LogP contribution in [0.3, 0.4) is 0 Å². The van der Waals surface area contributed by atoms with E-state index >= 15 is 0 Å². The highest BCUT2D eigenvalue weighted by Crippen LogP contribution is 2.14. The van der Waals surface area contributed by atoms with Crippen LogP contribution in [0.15, 0.2) is 30.3 Å². The van der Waals surface area contributed by atoms with Gasteiger partial charge in [-0.3, -0.25) is 0 Å². The molecule has 0 bridgehead atoms. The van der Waals surface area contributed by atoms with Crippen molar-refractivity contribution in [2.75, 3.05) is 17.6 Å². The van der Waals surface area contributed by atoms with Gasteiger partial charge < -0.3 is 11.1 Å². The molecule has 0 spiro atoms. The van der Waals surface area contributed by atoms with Gasteiger partial charge in [0.15, 0.2) is 0 Å². The molecule has 2 rings (SSSR count). The topological polar surface area (TPSA) is 63.8 Å². The minimum Gasteiger partial charge on any atom is -0.399 e. The Bertz CT molecular complexity index is 561. The van der Waals surface area contributed by atoms with Crippen molar-refractivity contribution >= 4 is 11.6 Å². The molecule has 106 valence electrons. The number of rotatable bonds is 5. The van der Waals surface area contributed by atoms with E-state index in [9.17, 15) is 0 Å². The van der Waals surface area contributed by atoms with E-state index in [0.717, 1.165) is 30.0 Å². The van der Waals surface area contributed by atoms with Crippen LogP contribution in [-0.4, -0.2) is 16.5 Å². The lowest BCUT2D eigenvalue weighted by molar-refractivity contribution is 0.807. The van der Waals surface area contributed by atoms with E-state index < -0.39 is 0 Å². The van der Waals surface area contributed by atoms with Gasteiger partial charge in [-0.15, -0.1) is 0 Å². The Morgan fingerprint density at radius 1 is 1.15 bits per heavy atom. The highest BCUT2D eigenvalue weighted by Gasteiger charge is 2.05. The van der Waals surface area contributed by atoms with Crippen LogP contribution in [0.2, 0.25) is 0 Å². The number of aryl methyl sites for hydroxylation is 1. The number of hydrogen-bond acceptors (Lipinski definition) is 4. The fraction of sp³-hybridized carbons (Fsp3) is 0.375. The van der Waals surface area contributed by atoms with E-state index in [4.69, 9.17) is 5.73 Å². The van der Waals surface area contributed by atoms with Crippen molar-refractivity contribution in [3.63, 3.8) is 0 Å². The smallest absolute Gasteiger partial charge is 0.223 e. The molecule has 4 nitrogen and oxygen atoms in total. The third-order valence-electron chi connectivity index (χ3n) is 3.14. The Morgan fingerprint density at radius 3 is 2.50 bits per heavy atom. The zero-order valence-electron chi connectivity index (χ0n) is 12.4. The standard InChI is InChI=1S/C16H22N4/c1-11(2)15-10-12(3)19-16(20-15)18-9-8-13-4-6-14(17)7-5-13/h4-7,10-11H,8-9,17H2,1-3H3,(H,18,19,20). The number of benzene rings is 1. The van der Waals surface area contributed by atoms with Crippen molar-refractivity contribution in [2.24, 2.45) is 0 Å². The van der Waals surface area contributed by atoms with E-state index in [1.54, 1.807) is 0 Å². The van der Waals surface area contributed by atoms with Gasteiger partial charge in [-0.2, -0.15) is 0 Å². The van der Waals surface area contributed by atoms with Crippen LogP contribution >= 0.6 is 0 Å². The van der Waals surface area contributed by atoms with Gasteiger partial charge in [-0.25, -0.2) is 9.97 Å². The highest BCUT2D eigenvalue weighted by atomic mass is 15.1.